The molecule has 0 heterocycles. The normalized spacial score (nSPS) is 10.7. The van der Waals surface area contributed by atoms with E-state index in [1.54, 1.807) is 0 Å². The van der Waals surface area contributed by atoms with Crippen LogP contribution < -0.4 is 5.32 Å². The number of benzene rings is 2. The molecule has 1 nitrogen and oxygen atoms in total. The molecule has 0 saturated carbocycles. The molecule has 0 atom stereocenters. The van der Waals surface area contributed by atoms with Crippen LogP contribution in [0.25, 0.3) is 11.1 Å². The van der Waals surface area contributed by atoms with Gasteiger partial charge in [0, 0.05) is 11.6 Å². The van der Waals surface area contributed by atoms with Gasteiger partial charge in [0.2, 0.25) is 0 Å². The van der Waals surface area contributed by atoms with Crippen molar-refractivity contribution in [2.45, 2.75) is 27.3 Å². The lowest BCUT2D eigenvalue weighted by Gasteiger charge is -2.12. The summed E-state index contributed by atoms with van der Waals surface area (Å²) in [5, 5.41) is 4.15. The summed E-state index contributed by atoms with van der Waals surface area (Å²) in [5.74, 6) is 0. The van der Waals surface area contributed by atoms with Gasteiger partial charge in [-0.15, -0.1) is 0 Å². The maximum absolute atomic E-state index is 6.25. The highest BCUT2D eigenvalue weighted by molar-refractivity contribution is 6.31. The summed E-state index contributed by atoms with van der Waals surface area (Å²) < 4.78 is 0. The Labute approximate surface area is 120 Å². The fourth-order valence-corrected chi connectivity index (χ4v) is 2.39. The Balaban J connectivity index is 2.42. The number of hydrogen-bond acceptors (Lipinski definition) is 1. The van der Waals surface area contributed by atoms with Crippen molar-refractivity contribution in [2.75, 3.05) is 6.54 Å². The lowest BCUT2D eigenvalue weighted by Crippen LogP contribution is -2.12. The molecule has 2 heteroatoms. The topological polar surface area (TPSA) is 12.0 Å². The second kappa shape index (κ2) is 6.23. The fourth-order valence-electron chi connectivity index (χ4n) is 2.20. The van der Waals surface area contributed by atoms with Crippen LogP contribution in [0.5, 0.6) is 0 Å². The summed E-state index contributed by atoms with van der Waals surface area (Å²) in [4.78, 5) is 0. The molecule has 0 aliphatic rings. The third-order valence-electron chi connectivity index (χ3n) is 3.53. The van der Waals surface area contributed by atoms with Crippen molar-refractivity contribution in [2.24, 2.45) is 0 Å². The maximum Gasteiger partial charge on any atom is 0.0451 e. The van der Waals surface area contributed by atoms with Gasteiger partial charge in [0.05, 0.1) is 0 Å². The lowest BCUT2D eigenvalue weighted by molar-refractivity contribution is 0.727. The highest BCUT2D eigenvalue weighted by atomic mass is 35.5. The van der Waals surface area contributed by atoms with Crippen LogP contribution in [0.3, 0.4) is 0 Å². The van der Waals surface area contributed by atoms with E-state index in [4.69, 9.17) is 11.6 Å². The van der Waals surface area contributed by atoms with Gasteiger partial charge in [-0.25, -0.2) is 0 Å². The predicted molar refractivity (Wildman–Crippen MR) is 83.7 cm³/mol. The van der Waals surface area contributed by atoms with Crippen molar-refractivity contribution in [3.8, 4) is 11.1 Å². The van der Waals surface area contributed by atoms with Crippen molar-refractivity contribution in [1.82, 2.24) is 5.32 Å². The van der Waals surface area contributed by atoms with Crippen LogP contribution >= 0.6 is 11.6 Å². The zero-order valence-corrected chi connectivity index (χ0v) is 12.5. The molecule has 19 heavy (non-hydrogen) atoms. The van der Waals surface area contributed by atoms with E-state index >= 15 is 0 Å². The van der Waals surface area contributed by atoms with E-state index in [1.165, 1.54) is 22.3 Å². The Hall–Kier alpha value is -1.31. The van der Waals surface area contributed by atoms with Crippen LogP contribution in [0.1, 0.15) is 23.6 Å². The number of hydrogen-bond donors (Lipinski definition) is 1. The van der Waals surface area contributed by atoms with Gasteiger partial charge in [0.1, 0.15) is 0 Å². The molecule has 100 valence electrons. The van der Waals surface area contributed by atoms with Crippen molar-refractivity contribution < 1.29 is 0 Å². The van der Waals surface area contributed by atoms with Crippen molar-refractivity contribution in [3.05, 3.63) is 58.1 Å². The first-order valence-electron chi connectivity index (χ1n) is 6.69. The number of rotatable bonds is 4. The van der Waals surface area contributed by atoms with Gasteiger partial charge in [-0.3, -0.25) is 0 Å². The van der Waals surface area contributed by atoms with E-state index in [9.17, 15) is 0 Å². The number of nitrogens with one attached hydrogen (secondary N) is 1. The monoisotopic (exact) mass is 273 g/mol. The molecule has 0 saturated heterocycles. The smallest absolute Gasteiger partial charge is 0.0451 e. The Bertz CT molecular complexity index is 575. The first-order valence-corrected chi connectivity index (χ1v) is 7.07. The van der Waals surface area contributed by atoms with Crippen molar-refractivity contribution in [1.29, 1.82) is 0 Å². The Morgan fingerprint density at radius 2 is 1.89 bits per heavy atom. The number of halogens is 1. The largest absolute Gasteiger partial charge is 0.313 e. The molecule has 0 amide bonds. The summed E-state index contributed by atoms with van der Waals surface area (Å²) in [6.07, 6.45) is 0. The number of aryl methyl sites for hydroxylation is 1. The molecule has 0 aliphatic carbocycles. The average Bonchev–Trinajstić information content (AvgIpc) is 2.41. The van der Waals surface area contributed by atoms with Gasteiger partial charge >= 0.3 is 0 Å². The molecule has 0 aliphatic heterocycles. The van der Waals surface area contributed by atoms with E-state index in [2.05, 4.69) is 56.4 Å². The first kappa shape index (κ1) is 14.1. The van der Waals surface area contributed by atoms with E-state index in [0.29, 0.717) is 0 Å². The van der Waals surface area contributed by atoms with Gasteiger partial charge in [-0.2, -0.15) is 0 Å². The fraction of sp³-hybridized carbons (Fsp3) is 0.294. The summed E-state index contributed by atoms with van der Waals surface area (Å²) in [7, 11) is 0. The molecular formula is C17H20ClN. The average molecular weight is 274 g/mol. The zero-order chi connectivity index (χ0) is 13.8. The third-order valence-corrected chi connectivity index (χ3v) is 3.90. The molecule has 2 rings (SSSR count). The van der Waals surface area contributed by atoms with E-state index < -0.39 is 0 Å². The Morgan fingerprint density at radius 1 is 1.11 bits per heavy atom. The molecule has 2 aromatic rings. The van der Waals surface area contributed by atoms with Crippen LogP contribution in [-0.4, -0.2) is 6.54 Å². The third kappa shape index (κ3) is 3.17. The molecule has 0 fully saturated rings. The first-order chi connectivity index (χ1) is 9.13. The van der Waals surface area contributed by atoms with Crippen LogP contribution in [0, 0.1) is 13.8 Å². The molecule has 0 radical (unpaired) electrons. The summed E-state index contributed by atoms with van der Waals surface area (Å²) >= 11 is 6.25. The molecule has 0 bridgehead atoms. The second-order valence-corrected chi connectivity index (χ2v) is 5.24. The minimum atomic E-state index is 0.814. The molecule has 0 aromatic heterocycles. The highest BCUT2D eigenvalue weighted by Crippen LogP contribution is 2.28. The van der Waals surface area contributed by atoms with Gasteiger partial charge in [-0.05, 0) is 60.3 Å². The molecule has 2 aromatic carbocycles. The SMILES string of the molecule is CCNCc1cc(-c2cccc(C)c2C)ccc1Cl. The van der Waals surface area contributed by atoms with E-state index in [-0.39, 0.29) is 0 Å². The van der Waals surface area contributed by atoms with Crippen LogP contribution in [0.2, 0.25) is 5.02 Å². The van der Waals surface area contributed by atoms with Gasteiger partial charge < -0.3 is 5.32 Å². The summed E-state index contributed by atoms with van der Waals surface area (Å²) in [6, 6.07) is 12.7. The summed E-state index contributed by atoms with van der Waals surface area (Å²) in [6.45, 7) is 8.18. The van der Waals surface area contributed by atoms with Gasteiger partial charge in [0.15, 0.2) is 0 Å². The van der Waals surface area contributed by atoms with Crippen molar-refractivity contribution in [3.63, 3.8) is 0 Å². The quantitative estimate of drug-likeness (QED) is 0.849. The van der Waals surface area contributed by atoms with Gasteiger partial charge in [-0.1, -0.05) is 42.8 Å². The van der Waals surface area contributed by atoms with E-state index in [1.807, 2.05) is 6.07 Å². The van der Waals surface area contributed by atoms with E-state index in [0.717, 1.165) is 23.7 Å². The predicted octanol–water partition coefficient (Wildman–Crippen LogP) is 4.73. The molecular weight excluding hydrogens is 254 g/mol. The minimum absolute atomic E-state index is 0.814. The van der Waals surface area contributed by atoms with Crippen LogP contribution in [0.4, 0.5) is 0 Å². The zero-order valence-electron chi connectivity index (χ0n) is 11.8. The minimum Gasteiger partial charge on any atom is -0.313 e. The van der Waals surface area contributed by atoms with Crippen molar-refractivity contribution >= 4 is 11.6 Å². The maximum atomic E-state index is 6.25. The second-order valence-electron chi connectivity index (χ2n) is 4.83. The Kier molecular flexibility index (Phi) is 4.62. The molecule has 0 spiro atoms. The highest BCUT2D eigenvalue weighted by Gasteiger charge is 2.07. The summed E-state index contributed by atoms with van der Waals surface area (Å²) in [5.41, 5.74) is 6.33. The lowest BCUT2D eigenvalue weighted by atomic mass is 9.96. The van der Waals surface area contributed by atoms with Gasteiger partial charge in [0.25, 0.3) is 0 Å². The molecule has 0 unspecified atom stereocenters. The van der Waals surface area contributed by atoms with Crippen LogP contribution in [-0.2, 0) is 6.54 Å². The Morgan fingerprint density at radius 3 is 2.63 bits per heavy atom. The standard InChI is InChI=1S/C17H20ClN/c1-4-19-11-15-10-14(8-9-17(15)18)16-7-5-6-12(2)13(16)3/h5-10,19H,4,11H2,1-3H3. The molecule has 1 N–H and O–H groups in total. The van der Waals surface area contributed by atoms with Crippen LogP contribution in [0.15, 0.2) is 36.4 Å².